The number of carbonyl (C=O) groups excluding carboxylic acids is 2. The summed E-state index contributed by atoms with van der Waals surface area (Å²) in [5, 5.41) is 4.17. The molecule has 1 unspecified atom stereocenters. The molecule has 0 saturated carbocycles. The van der Waals surface area contributed by atoms with Crippen molar-refractivity contribution in [2.45, 2.75) is 39.0 Å². The second kappa shape index (κ2) is 9.68. The number of pyridine rings is 1. The van der Waals surface area contributed by atoms with E-state index < -0.39 is 0 Å². The number of hydrogen-bond donors (Lipinski definition) is 0. The van der Waals surface area contributed by atoms with Gasteiger partial charge in [0.15, 0.2) is 5.65 Å². The van der Waals surface area contributed by atoms with Gasteiger partial charge >= 0.3 is 0 Å². The van der Waals surface area contributed by atoms with E-state index in [0.29, 0.717) is 19.6 Å². The van der Waals surface area contributed by atoms with E-state index in [2.05, 4.69) is 45.1 Å². The first-order valence-corrected chi connectivity index (χ1v) is 12.7. The third kappa shape index (κ3) is 4.54. The van der Waals surface area contributed by atoms with Gasteiger partial charge in [-0.3, -0.25) is 14.3 Å². The molecule has 2 aliphatic heterocycles. The summed E-state index contributed by atoms with van der Waals surface area (Å²) in [6, 6.07) is 12.1. The molecular weight excluding hydrogens is 468 g/mol. The van der Waals surface area contributed by atoms with Crippen LogP contribution in [-0.2, 0) is 35.6 Å². The van der Waals surface area contributed by atoms with Gasteiger partial charge in [0.05, 0.1) is 6.33 Å². The van der Waals surface area contributed by atoms with Crippen molar-refractivity contribution in [1.29, 1.82) is 0 Å². The van der Waals surface area contributed by atoms with Crippen LogP contribution in [0.2, 0.25) is 0 Å². The van der Waals surface area contributed by atoms with Crippen LogP contribution < -0.4 is 4.90 Å². The number of aromatic nitrogens is 5. The molecular formula is C27H30N8O2. The standard InChI is InChI=1S/C27H30N8O2/c1-20-15-31(13-14-35(20)26(37)17-33-19-29-23-6-3-9-28-27(23)33)24-7-2-5-21-8-12-32(16-22(21)24)25(36)18-34-11-4-10-30-34/h2-7,9-11,19-20H,8,12-18H2,1H3. The van der Waals surface area contributed by atoms with Crippen LogP contribution in [0.1, 0.15) is 18.1 Å². The molecule has 4 aromatic rings. The van der Waals surface area contributed by atoms with Gasteiger partial charge in [0, 0.05) is 63.0 Å². The van der Waals surface area contributed by atoms with Crippen molar-refractivity contribution in [2.24, 2.45) is 0 Å². The number of rotatable bonds is 5. The molecule has 1 fully saturated rings. The molecule has 0 N–H and O–H groups in total. The van der Waals surface area contributed by atoms with Crippen LogP contribution in [0.3, 0.4) is 0 Å². The van der Waals surface area contributed by atoms with Gasteiger partial charge in [-0.1, -0.05) is 12.1 Å². The van der Waals surface area contributed by atoms with Crippen LogP contribution in [0.5, 0.6) is 0 Å². The summed E-state index contributed by atoms with van der Waals surface area (Å²) >= 11 is 0. The van der Waals surface area contributed by atoms with Gasteiger partial charge in [-0.25, -0.2) is 9.97 Å². The van der Waals surface area contributed by atoms with Crippen molar-refractivity contribution < 1.29 is 9.59 Å². The van der Waals surface area contributed by atoms with Gasteiger partial charge < -0.3 is 19.3 Å². The molecule has 1 aromatic carbocycles. The van der Waals surface area contributed by atoms with Crippen LogP contribution in [0.15, 0.2) is 61.3 Å². The van der Waals surface area contributed by atoms with Gasteiger partial charge in [0.1, 0.15) is 18.6 Å². The molecule has 1 saturated heterocycles. The molecule has 2 amide bonds. The molecule has 0 bridgehead atoms. The number of carbonyl (C=O) groups is 2. The largest absolute Gasteiger partial charge is 0.367 e. The normalized spacial score (nSPS) is 17.8. The summed E-state index contributed by atoms with van der Waals surface area (Å²) in [6.07, 6.45) is 7.76. The van der Waals surface area contributed by atoms with Crippen molar-refractivity contribution in [1.82, 2.24) is 34.1 Å². The quantitative estimate of drug-likeness (QED) is 0.418. The van der Waals surface area contributed by atoms with Crippen LogP contribution >= 0.6 is 0 Å². The maximum absolute atomic E-state index is 13.2. The Kier molecular flexibility index (Phi) is 6.07. The second-order valence-corrected chi connectivity index (χ2v) is 9.78. The number of benzene rings is 1. The first kappa shape index (κ1) is 23.2. The Morgan fingerprint density at radius 1 is 0.973 bits per heavy atom. The summed E-state index contributed by atoms with van der Waals surface area (Å²) in [7, 11) is 0. The van der Waals surface area contributed by atoms with Crippen molar-refractivity contribution >= 4 is 28.7 Å². The summed E-state index contributed by atoms with van der Waals surface area (Å²) < 4.78 is 3.49. The monoisotopic (exact) mass is 498 g/mol. The van der Waals surface area contributed by atoms with E-state index in [1.165, 1.54) is 11.1 Å². The number of nitrogens with zero attached hydrogens (tertiary/aromatic N) is 8. The van der Waals surface area contributed by atoms with Crippen LogP contribution in [0, 0.1) is 0 Å². The zero-order valence-corrected chi connectivity index (χ0v) is 20.9. The lowest BCUT2D eigenvalue weighted by atomic mass is 9.96. The minimum atomic E-state index is 0.0565. The highest BCUT2D eigenvalue weighted by molar-refractivity contribution is 5.80. The number of amides is 2. The maximum atomic E-state index is 13.2. The maximum Gasteiger partial charge on any atom is 0.244 e. The Bertz CT molecular complexity index is 1430. The lowest BCUT2D eigenvalue weighted by Gasteiger charge is -2.42. The van der Waals surface area contributed by atoms with E-state index in [1.807, 2.05) is 38.8 Å². The zero-order chi connectivity index (χ0) is 25.4. The average molecular weight is 499 g/mol. The predicted molar refractivity (Wildman–Crippen MR) is 139 cm³/mol. The van der Waals surface area contributed by atoms with Crippen molar-refractivity contribution in [2.75, 3.05) is 31.1 Å². The van der Waals surface area contributed by atoms with E-state index in [0.717, 1.165) is 36.4 Å². The molecule has 5 heterocycles. The molecule has 0 spiro atoms. The Morgan fingerprint density at radius 3 is 2.73 bits per heavy atom. The van der Waals surface area contributed by atoms with Crippen LogP contribution in [0.4, 0.5) is 5.69 Å². The van der Waals surface area contributed by atoms with Gasteiger partial charge in [-0.15, -0.1) is 0 Å². The SMILES string of the molecule is CC1CN(c2cccc3c2CN(C(=O)Cn2cccn2)CC3)CCN1C(=O)Cn1cnc2cccnc21. The average Bonchev–Trinajstić information content (AvgIpc) is 3.58. The Labute approximate surface area is 215 Å². The molecule has 3 aromatic heterocycles. The number of anilines is 1. The third-order valence-electron chi connectivity index (χ3n) is 7.43. The van der Waals surface area contributed by atoms with Gasteiger partial charge in [0.2, 0.25) is 11.8 Å². The fraction of sp³-hybridized carbons (Fsp3) is 0.370. The Morgan fingerprint density at radius 2 is 1.89 bits per heavy atom. The van der Waals surface area contributed by atoms with Crippen molar-refractivity contribution in [3.05, 3.63) is 72.4 Å². The molecule has 10 nitrogen and oxygen atoms in total. The molecule has 0 radical (unpaired) electrons. The van der Waals surface area contributed by atoms with Gasteiger partial charge in [-0.05, 0) is 48.7 Å². The molecule has 37 heavy (non-hydrogen) atoms. The van der Waals surface area contributed by atoms with E-state index in [9.17, 15) is 9.59 Å². The minimum absolute atomic E-state index is 0.0565. The van der Waals surface area contributed by atoms with E-state index in [-0.39, 0.29) is 30.9 Å². The van der Waals surface area contributed by atoms with Crippen LogP contribution in [-0.4, -0.2) is 78.2 Å². The number of fused-ring (bicyclic) bond motifs is 2. The Hall–Kier alpha value is -4.21. The highest BCUT2D eigenvalue weighted by Crippen LogP contribution is 2.31. The summed E-state index contributed by atoms with van der Waals surface area (Å²) in [6.45, 7) is 6.03. The van der Waals surface area contributed by atoms with Crippen molar-refractivity contribution in [3.8, 4) is 0 Å². The highest BCUT2D eigenvalue weighted by Gasteiger charge is 2.31. The first-order valence-electron chi connectivity index (χ1n) is 12.7. The molecule has 1 atom stereocenters. The number of imidazole rings is 1. The molecule has 6 rings (SSSR count). The minimum Gasteiger partial charge on any atom is -0.367 e. The number of hydrogen-bond acceptors (Lipinski definition) is 6. The second-order valence-electron chi connectivity index (χ2n) is 9.78. The fourth-order valence-electron chi connectivity index (χ4n) is 5.50. The van der Waals surface area contributed by atoms with Gasteiger partial charge in [-0.2, -0.15) is 5.10 Å². The first-order chi connectivity index (χ1) is 18.1. The van der Waals surface area contributed by atoms with E-state index in [4.69, 9.17) is 0 Å². The zero-order valence-electron chi connectivity index (χ0n) is 20.9. The smallest absolute Gasteiger partial charge is 0.244 e. The predicted octanol–water partition coefficient (Wildman–Crippen LogP) is 1.95. The van der Waals surface area contributed by atoms with E-state index in [1.54, 1.807) is 23.4 Å². The fourth-order valence-corrected chi connectivity index (χ4v) is 5.50. The lowest BCUT2D eigenvalue weighted by Crippen LogP contribution is -2.55. The molecule has 190 valence electrons. The summed E-state index contributed by atoms with van der Waals surface area (Å²) in [4.78, 5) is 41.2. The van der Waals surface area contributed by atoms with Crippen molar-refractivity contribution in [3.63, 3.8) is 0 Å². The highest BCUT2D eigenvalue weighted by atomic mass is 16.2. The van der Waals surface area contributed by atoms with Crippen LogP contribution in [0.25, 0.3) is 11.2 Å². The number of piperazine rings is 1. The molecule has 2 aliphatic rings. The Balaban J connectivity index is 1.14. The van der Waals surface area contributed by atoms with E-state index >= 15 is 0 Å². The topological polar surface area (TPSA) is 92.4 Å². The van der Waals surface area contributed by atoms with Gasteiger partial charge in [0.25, 0.3) is 0 Å². The molecule has 10 heteroatoms. The lowest BCUT2D eigenvalue weighted by molar-refractivity contribution is -0.134. The summed E-state index contributed by atoms with van der Waals surface area (Å²) in [5.74, 6) is 0.150. The summed E-state index contributed by atoms with van der Waals surface area (Å²) in [5.41, 5.74) is 5.19. The third-order valence-corrected chi connectivity index (χ3v) is 7.43. The molecule has 0 aliphatic carbocycles.